The molecule has 0 saturated carbocycles. The Balaban J connectivity index is 0. The van der Waals surface area contributed by atoms with Gasteiger partial charge in [-0.3, -0.25) is 14.4 Å². The van der Waals surface area contributed by atoms with Crippen LogP contribution < -0.4 is 17.2 Å². The SMILES string of the molecule is NC(Cc1ccc(O)cc1)C(=O)O.NCC(=O)O.NCC(=O)O. The molecule has 23 heavy (non-hydrogen) atoms. The van der Waals surface area contributed by atoms with Gasteiger partial charge >= 0.3 is 17.9 Å². The van der Waals surface area contributed by atoms with Crippen LogP contribution in [0.1, 0.15) is 5.56 Å². The van der Waals surface area contributed by atoms with Gasteiger partial charge in [0.1, 0.15) is 11.8 Å². The fraction of sp³-hybridized carbons (Fsp3) is 0.308. The van der Waals surface area contributed by atoms with Gasteiger partial charge in [-0.2, -0.15) is 0 Å². The molecule has 10 N–H and O–H groups in total. The molecular formula is C13H21N3O7. The third-order valence-corrected chi connectivity index (χ3v) is 2.06. The van der Waals surface area contributed by atoms with Crippen molar-refractivity contribution in [2.24, 2.45) is 17.2 Å². The second-order valence-corrected chi connectivity index (χ2v) is 4.01. The second kappa shape index (κ2) is 13.0. The number of aliphatic carboxylic acids is 3. The quantitative estimate of drug-likeness (QED) is 0.328. The predicted molar refractivity (Wildman–Crippen MR) is 80.8 cm³/mol. The van der Waals surface area contributed by atoms with E-state index in [0.29, 0.717) is 0 Å². The van der Waals surface area contributed by atoms with Gasteiger partial charge in [-0.05, 0) is 24.1 Å². The number of benzene rings is 1. The van der Waals surface area contributed by atoms with Gasteiger partial charge < -0.3 is 37.6 Å². The molecule has 0 fully saturated rings. The highest BCUT2D eigenvalue weighted by atomic mass is 16.4. The van der Waals surface area contributed by atoms with Crippen molar-refractivity contribution in [3.8, 4) is 5.75 Å². The third kappa shape index (κ3) is 15.5. The summed E-state index contributed by atoms with van der Waals surface area (Å²) in [6.45, 7) is -0.556. The highest BCUT2D eigenvalue weighted by Gasteiger charge is 2.11. The van der Waals surface area contributed by atoms with E-state index in [-0.39, 0.29) is 25.3 Å². The first kappa shape index (κ1) is 22.6. The monoisotopic (exact) mass is 331 g/mol. The minimum absolute atomic E-state index is 0.160. The Labute approximate surface area is 132 Å². The van der Waals surface area contributed by atoms with E-state index in [4.69, 9.17) is 26.2 Å². The lowest BCUT2D eigenvalue weighted by Gasteiger charge is -2.05. The van der Waals surface area contributed by atoms with E-state index >= 15 is 0 Å². The highest BCUT2D eigenvalue weighted by molar-refractivity contribution is 5.73. The summed E-state index contributed by atoms with van der Waals surface area (Å²) in [4.78, 5) is 28.9. The molecule has 10 nitrogen and oxygen atoms in total. The van der Waals surface area contributed by atoms with Crippen molar-refractivity contribution in [1.29, 1.82) is 0 Å². The molecule has 1 atom stereocenters. The van der Waals surface area contributed by atoms with Gasteiger partial charge in [0.05, 0.1) is 13.1 Å². The molecule has 0 heterocycles. The van der Waals surface area contributed by atoms with E-state index < -0.39 is 23.9 Å². The summed E-state index contributed by atoms with van der Waals surface area (Å²) in [6.07, 6.45) is 0.273. The normalized spacial score (nSPS) is 10.2. The van der Waals surface area contributed by atoms with E-state index in [1.807, 2.05) is 0 Å². The molecule has 0 aromatic heterocycles. The zero-order valence-corrected chi connectivity index (χ0v) is 12.3. The number of nitrogens with two attached hydrogens (primary N) is 3. The Morgan fingerprint density at radius 2 is 1.26 bits per heavy atom. The summed E-state index contributed by atoms with van der Waals surface area (Å²) >= 11 is 0. The molecule has 0 aliphatic carbocycles. The number of phenolic OH excluding ortho intramolecular Hbond substituents is 1. The topological polar surface area (TPSA) is 210 Å². The van der Waals surface area contributed by atoms with Crippen molar-refractivity contribution in [3.63, 3.8) is 0 Å². The van der Waals surface area contributed by atoms with E-state index in [1.54, 1.807) is 12.1 Å². The van der Waals surface area contributed by atoms with Crippen LogP contribution in [0.4, 0.5) is 0 Å². The lowest BCUT2D eigenvalue weighted by molar-refractivity contribution is -0.138. The van der Waals surface area contributed by atoms with Gasteiger partial charge in [-0.15, -0.1) is 0 Å². The summed E-state index contributed by atoms with van der Waals surface area (Å²) in [7, 11) is 0. The van der Waals surface area contributed by atoms with E-state index in [0.717, 1.165) is 5.56 Å². The van der Waals surface area contributed by atoms with Crippen molar-refractivity contribution in [2.45, 2.75) is 12.5 Å². The first-order chi connectivity index (χ1) is 10.6. The standard InChI is InChI=1S/C9H11NO3.2C2H5NO2/c10-8(9(12)13)5-6-1-3-7(11)4-2-6;2*3-1-2(4)5/h1-4,8,11H,5,10H2,(H,12,13);2*1,3H2,(H,4,5). The molecule has 1 rings (SSSR count). The molecule has 130 valence electrons. The fourth-order valence-corrected chi connectivity index (χ4v) is 0.973. The second-order valence-electron chi connectivity index (χ2n) is 4.01. The summed E-state index contributed by atoms with van der Waals surface area (Å²) in [5, 5.41) is 32.7. The average molecular weight is 331 g/mol. The van der Waals surface area contributed by atoms with Gasteiger partial charge in [0, 0.05) is 0 Å². The Kier molecular flexibility index (Phi) is 12.8. The Bertz CT molecular complexity index is 477. The van der Waals surface area contributed by atoms with Crippen LogP contribution >= 0.6 is 0 Å². The summed E-state index contributed by atoms with van der Waals surface area (Å²) in [6, 6.07) is 5.42. The number of hydrogen-bond donors (Lipinski definition) is 7. The van der Waals surface area contributed by atoms with Gasteiger partial charge in [-0.25, -0.2) is 0 Å². The lowest BCUT2D eigenvalue weighted by Crippen LogP contribution is -2.32. The van der Waals surface area contributed by atoms with E-state index in [1.165, 1.54) is 12.1 Å². The van der Waals surface area contributed by atoms with Crippen LogP contribution in [0.3, 0.4) is 0 Å². The number of rotatable bonds is 5. The number of carbonyl (C=O) groups is 3. The minimum atomic E-state index is -1.02. The van der Waals surface area contributed by atoms with Crippen LogP contribution in [0.15, 0.2) is 24.3 Å². The molecule has 0 saturated heterocycles. The first-order valence-corrected chi connectivity index (χ1v) is 6.24. The molecule has 0 amide bonds. The maximum absolute atomic E-state index is 10.4. The van der Waals surface area contributed by atoms with E-state index in [9.17, 15) is 14.4 Å². The number of hydrogen-bond acceptors (Lipinski definition) is 7. The molecule has 0 spiro atoms. The zero-order chi connectivity index (χ0) is 18.4. The third-order valence-electron chi connectivity index (χ3n) is 2.06. The number of carboxylic acids is 3. The van der Waals surface area contributed by atoms with Gasteiger partial charge in [0.2, 0.25) is 0 Å². The largest absolute Gasteiger partial charge is 0.508 e. The summed E-state index contributed by atoms with van der Waals surface area (Å²) in [5.74, 6) is -2.80. The van der Waals surface area contributed by atoms with Crippen LogP contribution in [0.25, 0.3) is 0 Å². The van der Waals surface area contributed by atoms with Crippen LogP contribution in [0, 0.1) is 0 Å². The van der Waals surface area contributed by atoms with Crippen LogP contribution in [0.2, 0.25) is 0 Å². The minimum Gasteiger partial charge on any atom is -0.508 e. The van der Waals surface area contributed by atoms with Crippen molar-refractivity contribution in [3.05, 3.63) is 29.8 Å². The molecule has 1 aromatic carbocycles. The number of aromatic hydroxyl groups is 1. The van der Waals surface area contributed by atoms with Crippen LogP contribution in [-0.4, -0.2) is 57.5 Å². The van der Waals surface area contributed by atoms with Gasteiger partial charge in [-0.1, -0.05) is 12.1 Å². The zero-order valence-electron chi connectivity index (χ0n) is 12.3. The lowest BCUT2D eigenvalue weighted by atomic mass is 10.1. The number of phenols is 1. The molecular weight excluding hydrogens is 310 g/mol. The molecule has 1 unspecified atom stereocenters. The molecule has 1 aromatic rings. The van der Waals surface area contributed by atoms with Gasteiger partial charge in [0.15, 0.2) is 0 Å². The summed E-state index contributed by atoms with van der Waals surface area (Å²) < 4.78 is 0. The van der Waals surface area contributed by atoms with Crippen molar-refractivity contribution < 1.29 is 34.8 Å². The molecule has 0 aliphatic rings. The fourth-order valence-electron chi connectivity index (χ4n) is 0.973. The maximum atomic E-state index is 10.4. The number of carboxylic acid groups (broad SMARTS) is 3. The average Bonchev–Trinajstić information content (AvgIpc) is 2.50. The summed E-state index contributed by atoms with van der Waals surface area (Å²) in [5.41, 5.74) is 15.3. The Morgan fingerprint density at radius 1 is 0.913 bits per heavy atom. The predicted octanol–water partition coefficient (Wildman–Crippen LogP) is -1.59. The Morgan fingerprint density at radius 3 is 1.52 bits per heavy atom. The molecule has 0 bridgehead atoms. The van der Waals surface area contributed by atoms with Crippen molar-refractivity contribution in [1.82, 2.24) is 0 Å². The van der Waals surface area contributed by atoms with Crippen molar-refractivity contribution in [2.75, 3.05) is 13.1 Å². The van der Waals surface area contributed by atoms with Crippen LogP contribution in [-0.2, 0) is 20.8 Å². The molecule has 0 radical (unpaired) electrons. The smallest absolute Gasteiger partial charge is 0.320 e. The van der Waals surface area contributed by atoms with Crippen LogP contribution in [0.5, 0.6) is 5.75 Å². The highest BCUT2D eigenvalue weighted by Crippen LogP contribution is 2.10. The van der Waals surface area contributed by atoms with E-state index in [2.05, 4.69) is 11.5 Å². The first-order valence-electron chi connectivity index (χ1n) is 6.24. The molecule has 0 aliphatic heterocycles. The van der Waals surface area contributed by atoms with Crippen molar-refractivity contribution >= 4 is 17.9 Å². The van der Waals surface area contributed by atoms with Gasteiger partial charge in [0.25, 0.3) is 0 Å². The molecule has 10 heteroatoms. The Hall–Kier alpha value is -2.69. The maximum Gasteiger partial charge on any atom is 0.320 e.